The van der Waals surface area contributed by atoms with Gasteiger partial charge in [-0.25, -0.2) is 0 Å². The highest BCUT2D eigenvalue weighted by Crippen LogP contribution is 2.61. The van der Waals surface area contributed by atoms with Gasteiger partial charge in [-0.1, -0.05) is 159 Å². The molecule has 39 heavy (non-hydrogen) atoms. The lowest BCUT2D eigenvalue weighted by atomic mass is 10.1. The predicted molar refractivity (Wildman–Crippen MR) is 179 cm³/mol. The topological polar surface area (TPSA) is 0 Å². The van der Waals surface area contributed by atoms with E-state index >= 15 is 0 Å². The molecule has 0 saturated heterocycles. The molecule has 2 aromatic carbocycles. The summed E-state index contributed by atoms with van der Waals surface area (Å²) in [5.41, 5.74) is 2.74. The van der Waals surface area contributed by atoms with Crippen LogP contribution in [0.25, 0.3) is 0 Å². The largest absolute Gasteiger partial charge is 1.00 e. The molecule has 0 aliphatic rings. The third kappa shape index (κ3) is 20.8. The van der Waals surface area contributed by atoms with Crippen molar-refractivity contribution in [2.45, 2.75) is 137 Å². The Labute approximate surface area is 256 Å². The van der Waals surface area contributed by atoms with Gasteiger partial charge in [0, 0.05) is 7.26 Å². The van der Waals surface area contributed by atoms with Crippen LogP contribution in [0.2, 0.25) is 0 Å². The van der Waals surface area contributed by atoms with E-state index in [4.69, 9.17) is 0 Å². The van der Waals surface area contributed by atoms with Crippen molar-refractivity contribution >= 4 is 7.26 Å². The van der Waals surface area contributed by atoms with Crippen molar-refractivity contribution < 1.29 is 17.0 Å². The fraction of sp³-hybridized carbons (Fsp3) is 0.676. The highest BCUT2D eigenvalue weighted by molar-refractivity contribution is 7.75. The third-order valence-corrected chi connectivity index (χ3v) is 13.1. The summed E-state index contributed by atoms with van der Waals surface area (Å²) in [5, 5.41) is 0. The Morgan fingerprint density at radius 2 is 0.692 bits per heavy atom. The van der Waals surface area contributed by atoms with Crippen LogP contribution in [0.15, 0.2) is 60.7 Å². The fourth-order valence-electron chi connectivity index (χ4n) is 5.51. The molecule has 0 atom stereocenters. The second kappa shape index (κ2) is 27.5. The maximum absolute atomic E-state index is 2.38. The lowest BCUT2D eigenvalue weighted by molar-refractivity contribution is -0.00000836. The van der Waals surface area contributed by atoms with Gasteiger partial charge in [0.1, 0.15) is 0 Å². The first kappa shape index (κ1) is 38.4. The maximum Gasteiger partial charge on any atom is 0.0594 e. The Morgan fingerprint density at radius 1 is 0.385 bits per heavy atom. The van der Waals surface area contributed by atoms with Gasteiger partial charge in [0.05, 0.1) is 24.6 Å². The molecule has 0 N–H and O–H groups in total. The van der Waals surface area contributed by atoms with E-state index in [2.05, 4.69) is 88.4 Å². The van der Waals surface area contributed by atoms with Gasteiger partial charge in [-0.2, -0.15) is 0 Å². The van der Waals surface area contributed by atoms with Crippen molar-refractivity contribution in [1.29, 1.82) is 0 Å². The highest BCUT2D eigenvalue weighted by Gasteiger charge is 2.34. The van der Waals surface area contributed by atoms with Gasteiger partial charge in [0.2, 0.25) is 0 Å². The molecule has 0 nitrogen and oxygen atoms in total. The molecule has 0 bridgehead atoms. The number of unbranched alkanes of at least 4 members (excludes halogenated alkanes) is 12. The van der Waals surface area contributed by atoms with Crippen molar-refractivity contribution in [3.8, 4) is 0 Å². The predicted octanol–water partition coefficient (Wildman–Crippen LogP) is 9.61. The van der Waals surface area contributed by atoms with E-state index in [0.29, 0.717) is 0 Å². The molecular weight excluding hydrogens is 555 g/mol. The van der Waals surface area contributed by atoms with Crippen LogP contribution in [0.1, 0.15) is 142 Å². The first-order chi connectivity index (χ1) is 18.7. The second-order valence-corrected chi connectivity index (χ2v) is 16.1. The van der Waals surface area contributed by atoms with Gasteiger partial charge in [-0.15, -0.1) is 0 Å². The molecule has 0 aliphatic heterocycles. The zero-order chi connectivity index (χ0) is 27.6. The molecule has 0 saturated carbocycles. The van der Waals surface area contributed by atoms with E-state index in [1.54, 1.807) is 31.1 Å². The summed E-state index contributed by atoms with van der Waals surface area (Å²) in [6.45, 7) is 9.46. The standard InChI is InChI=1S/C24H52P.C13H12.BrH/c1-5-9-13-14-15-16-17-18-19-20-24-25(21-10-6-2,22-11-7-3)23-12-8-4;1-3-7-12(8-4-1)11-13-9-5-2-6-10-13;/h5-24H2,1-4H3;1-10H,11H2;1H/q+1;;/p-1. The minimum atomic E-state index is -0.620. The average Bonchev–Trinajstić information content (AvgIpc) is 2.96. The Bertz CT molecular complexity index is 670. The zero-order valence-corrected chi connectivity index (χ0v) is 28.9. The summed E-state index contributed by atoms with van der Waals surface area (Å²) in [4.78, 5) is 0. The molecule has 0 fully saturated rings. The summed E-state index contributed by atoms with van der Waals surface area (Å²) in [5.74, 6) is 0. The van der Waals surface area contributed by atoms with Crippen molar-refractivity contribution in [2.75, 3.05) is 24.6 Å². The van der Waals surface area contributed by atoms with E-state index in [1.165, 1.54) is 107 Å². The second-order valence-electron chi connectivity index (χ2n) is 11.6. The number of benzene rings is 2. The smallest absolute Gasteiger partial charge is 0.0594 e. The van der Waals surface area contributed by atoms with Crippen LogP contribution in [-0.4, -0.2) is 24.6 Å². The number of hydrogen-bond donors (Lipinski definition) is 0. The molecule has 0 unspecified atom stereocenters. The first-order valence-electron chi connectivity index (χ1n) is 16.6. The fourth-order valence-corrected chi connectivity index (χ4v) is 10.7. The van der Waals surface area contributed by atoms with Gasteiger partial charge < -0.3 is 17.0 Å². The van der Waals surface area contributed by atoms with Gasteiger partial charge in [0.15, 0.2) is 0 Å². The monoisotopic (exact) mass is 618 g/mol. The Balaban J connectivity index is 0.000000856. The van der Waals surface area contributed by atoms with Crippen molar-refractivity contribution in [1.82, 2.24) is 0 Å². The van der Waals surface area contributed by atoms with Crippen LogP contribution in [0, 0.1) is 0 Å². The molecule has 2 aromatic rings. The molecule has 0 aliphatic carbocycles. The van der Waals surface area contributed by atoms with E-state index in [-0.39, 0.29) is 17.0 Å². The normalized spacial score (nSPS) is 11.0. The molecule has 2 heteroatoms. The molecule has 0 aromatic heterocycles. The van der Waals surface area contributed by atoms with E-state index in [0.717, 1.165) is 6.42 Å². The van der Waals surface area contributed by atoms with Crippen molar-refractivity contribution in [3.63, 3.8) is 0 Å². The zero-order valence-electron chi connectivity index (χ0n) is 26.4. The molecule has 0 amide bonds. The van der Waals surface area contributed by atoms with Crippen molar-refractivity contribution in [3.05, 3.63) is 71.8 Å². The molecule has 224 valence electrons. The number of hydrogen-bond acceptors (Lipinski definition) is 0. The van der Waals surface area contributed by atoms with Crippen LogP contribution < -0.4 is 17.0 Å². The summed E-state index contributed by atoms with van der Waals surface area (Å²) in [6.07, 6.45) is 31.0. The third-order valence-electron chi connectivity index (χ3n) is 8.04. The lowest BCUT2D eigenvalue weighted by Crippen LogP contribution is -3.00. The number of rotatable bonds is 22. The minimum Gasteiger partial charge on any atom is -1.00 e. The molecule has 0 radical (unpaired) electrons. The van der Waals surface area contributed by atoms with Crippen LogP contribution in [0.5, 0.6) is 0 Å². The molecular formula is C37H64BrP. The maximum atomic E-state index is 2.38. The summed E-state index contributed by atoms with van der Waals surface area (Å²) in [6, 6.07) is 21.1. The van der Waals surface area contributed by atoms with Crippen LogP contribution in [0.3, 0.4) is 0 Å². The summed E-state index contributed by atoms with van der Waals surface area (Å²) >= 11 is 0. The van der Waals surface area contributed by atoms with Crippen LogP contribution in [-0.2, 0) is 6.42 Å². The molecule has 0 spiro atoms. The minimum absolute atomic E-state index is 0. The van der Waals surface area contributed by atoms with Gasteiger partial charge in [0.25, 0.3) is 0 Å². The Hall–Kier alpha value is -0.650. The van der Waals surface area contributed by atoms with Gasteiger partial charge in [-0.05, 0) is 49.7 Å². The van der Waals surface area contributed by atoms with Gasteiger partial charge in [-0.3, -0.25) is 0 Å². The van der Waals surface area contributed by atoms with E-state index < -0.39 is 7.26 Å². The number of halogens is 1. The van der Waals surface area contributed by atoms with E-state index in [1.807, 2.05) is 0 Å². The summed E-state index contributed by atoms with van der Waals surface area (Å²) in [7, 11) is -0.620. The van der Waals surface area contributed by atoms with Gasteiger partial charge >= 0.3 is 0 Å². The van der Waals surface area contributed by atoms with Crippen LogP contribution in [0.4, 0.5) is 0 Å². The summed E-state index contributed by atoms with van der Waals surface area (Å²) < 4.78 is 0. The van der Waals surface area contributed by atoms with Crippen LogP contribution >= 0.6 is 7.26 Å². The first-order valence-corrected chi connectivity index (χ1v) is 19.2. The Kier molecular flexibility index (Phi) is 27.1. The molecule has 2 rings (SSSR count). The highest BCUT2D eigenvalue weighted by atomic mass is 79.9. The molecule has 0 heterocycles. The average molecular weight is 620 g/mol. The van der Waals surface area contributed by atoms with E-state index in [9.17, 15) is 0 Å². The van der Waals surface area contributed by atoms with Crippen molar-refractivity contribution in [2.24, 2.45) is 0 Å². The quantitative estimate of drug-likeness (QED) is 0.0910. The Morgan fingerprint density at radius 3 is 1.05 bits per heavy atom. The lowest BCUT2D eigenvalue weighted by Gasteiger charge is -2.28. The SMILES string of the molecule is CCCCCCCCCCCC[P+](CCCC)(CCCC)CCCC.[Br-].c1ccc(Cc2ccccc2)cc1.